The molecule has 0 aliphatic carbocycles. The number of morpholine rings is 1. The minimum absolute atomic E-state index is 0.210. The predicted molar refractivity (Wildman–Crippen MR) is 102 cm³/mol. The van der Waals surface area contributed by atoms with Crippen molar-refractivity contribution < 1.29 is 27.4 Å². The maximum atomic E-state index is 13.2. The summed E-state index contributed by atoms with van der Waals surface area (Å²) in [7, 11) is 1.54. The maximum absolute atomic E-state index is 13.2. The summed E-state index contributed by atoms with van der Waals surface area (Å²) in [6.45, 7) is 1.83. The van der Waals surface area contributed by atoms with Crippen LogP contribution in [0.1, 0.15) is 16.1 Å². The summed E-state index contributed by atoms with van der Waals surface area (Å²) in [5, 5.41) is 0.738. The van der Waals surface area contributed by atoms with E-state index in [2.05, 4.69) is 4.98 Å². The molecule has 1 aliphatic heterocycles. The molecule has 4 rings (SSSR count). The van der Waals surface area contributed by atoms with Crippen molar-refractivity contribution in [3.63, 3.8) is 0 Å². The topological polar surface area (TPSA) is 54.6 Å². The van der Waals surface area contributed by atoms with Crippen LogP contribution in [0.3, 0.4) is 0 Å². The molecule has 2 heterocycles. The van der Waals surface area contributed by atoms with Crippen LogP contribution in [0.5, 0.6) is 5.75 Å². The zero-order valence-corrected chi connectivity index (χ0v) is 15.7. The monoisotopic (exact) mass is 404 g/mol. The van der Waals surface area contributed by atoms with E-state index in [9.17, 15) is 18.0 Å². The van der Waals surface area contributed by atoms with Crippen LogP contribution >= 0.6 is 0 Å². The van der Waals surface area contributed by atoms with Gasteiger partial charge >= 0.3 is 6.18 Å². The van der Waals surface area contributed by atoms with E-state index in [-0.39, 0.29) is 5.91 Å². The van der Waals surface area contributed by atoms with Crippen LogP contribution in [0.25, 0.3) is 22.0 Å². The first-order valence-corrected chi connectivity index (χ1v) is 9.13. The van der Waals surface area contributed by atoms with Crippen molar-refractivity contribution in [2.45, 2.75) is 6.18 Å². The van der Waals surface area contributed by atoms with Gasteiger partial charge in [-0.1, -0.05) is 12.1 Å². The molecule has 0 spiro atoms. The van der Waals surface area contributed by atoms with Gasteiger partial charge in [-0.15, -0.1) is 0 Å². The molecule has 0 radical (unpaired) electrons. The highest BCUT2D eigenvalue weighted by atomic mass is 19.4. The Hall–Kier alpha value is -3.00. The Morgan fingerprint density at radius 2 is 1.79 bits per heavy atom. The van der Waals surface area contributed by atoms with E-state index in [1.54, 1.807) is 30.2 Å². The quantitative estimate of drug-likeness (QED) is 0.707. The smallest absolute Gasteiger partial charge is 0.416 e. The first-order chi connectivity index (χ1) is 13.9. The Morgan fingerprint density at radius 3 is 2.41 bits per heavy atom. The predicted octanol–water partition coefficient (Wildman–Crippen LogP) is 4.33. The third-order valence-corrected chi connectivity index (χ3v) is 5.02. The van der Waals surface area contributed by atoms with E-state index in [4.69, 9.17) is 9.47 Å². The average molecular weight is 404 g/mol. The van der Waals surface area contributed by atoms with Gasteiger partial charge in [-0.3, -0.25) is 4.79 Å². The molecule has 1 amide bonds. The molecule has 3 aromatic rings. The number of hydrogen-bond donors (Lipinski definition) is 1. The van der Waals surface area contributed by atoms with Crippen molar-refractivity contribution >= 4 is 16.8 Å². The van der Waals surface area contributed by atoms with Crippen LogP contribution in [-0.4, -0.2) is 49.2 Å². The molecule has 0 saturated carbocycles. The van der Waals surface area contributed by atoms with Gasteiger partial charge in [0, 0.05) is 30.1 Å². The molecule has 1 N–H and O–H groups in total. The summed E-state index contributed by atoms with van der Waals surface area (Å²) in [4.78, 5) is 18.0. The summed E-state index contributed by atoms with van der Waals surface area (Å²) >= 11 is 0. The van der Waals surface area contributed by atoms with E-state index in [0.717, 1.165) is 17.5 Å². The minimum atomic E-state index is -4.42. The van der Waals surface area contributed by atoms with Crippen LogP contribution in [0.4, 0.5) is 13.2 Å². The second-order valence-corrected chi connectivity index (χ2v) is 6.77. The Kier molecular flexibility index (Phi) is 4.96. The molecular formula is C21H19F3N2O3. The standard InChI is InChI=1S/C21H19F3N2O3/c1-28-15-6-7-16-17(12-15)25-19(20(27)26-8-10-29-11-9-26)18(16)13-2-4-14(5-3-13)21(22,23)24/h2-7,12,25H,8-11H2,1H3. The number of halogens is 3. The molecule has 5 nitrogen and oxygen atoms in total. The van der Waals surface area contributed by atoms with Gasteiger partial charge in [-0.2, -0.15) is 13.2 Å². The molecule has 1 aromatic heterocycles. The van der Waals surface area contributed by atoms with E-state index in [1.165, 1.54) is 12.1 Å². The Morgan fingerprint density at radius 1 is 1.10 bits per heavy atom. The number of amides is 1. The van der Waals surface area contributed by atoms with Gasteiger partial charge < -0.3 is 19.4 Å². The fraction of sp³-hybridized carbons (Fsp3) is 0.286. The number of alkyl halides is 3. The number of ether oxygens (including phenoxy) is 2. The zero-order chi connectivity index (χ0) is 20.6. The van der Waals surface area contributed by atoms with Crippen molar-refractivity contribution in [1.29, 1.82) is 0 Å². The Bertz CT molecular complexity index is 1040. The number of methoxy groups -OCH3 is 1. The third kappa shape index (κ3) is 3.67. The number of carbonyl (C=O) groups is 1. The molecule has 0 bridgehead atoms. The van der Waals surface area contributed by atoms with Gasteiger partial charge in [0.05, 0.1) is 31.4 Å². The summed E-state index contributed by atoms with van der Waals surface area (Å²) in [5.74, 6) is 0.404. The number of rotatable bonds is 3. The summed E-state index contributed by atoms with van der Waals surface area (Å²) in [6.07, 6.45) is -4.42. The van der Waals surface area contributed by atoms with E-state index < -0.39 is 11.7 Å². The first-order valence-electron chi connectivity index (χ1n) is 9.13. The van der Waals surface area contributed by atoms with Crippen LogP contribution in [-0.2, 0) is 10.9 Å². The lowest BCUT2D eigenvalue weighted by Gasteiger charge is -2.26. The number of aromatic amines is 1. The molecule has 2 aromatic carbocycles. The number of benzene rings is 2. The summed E-state index contributed by atoms with van der Waals surface area (Å²) in [5.41, 5.74) is 1.40. The first kappa shape index (κ1) is 19.3. The van der Waals surface area contributed by atoms with E-state index in [0.29, 0.717) is 54.4 Å². The number of hydrogen-bond acceptors (Lipinski definition) is 3. The molecule has 1 aliphatic rings. The molecule has 29 heavy (non-hydrogen) atoms. The lowest BCUT2D eigenvalue weighted by atomic mass is 9.99. The van der Waals surface area contributed by atoms with Crippen molar-refractivity contribution in [2.24, 2.45) is 0 Å². The number of carbonyl (C=O) groups excluding carboxylic acids is 1. The normalized spacial score (nSPS) is 15.0. The second kappa shape index (κ2) is 7.44. The summed E-state index contributed by atoms with van der Waals surface area (Å²) in [6, 6.07) is 10.2. The van der Waals surface area contributed by atoms with Crippen LogP contribution < -0.4 is 4.74 Å². The number of aromatic nitrogens is 1. The largest absolute Gasteiger partial charge is 0.497 e. The molecular weight excluding hydrogens is 385 g/mol. The van der Waals surface area contributed by atoms with Gasteiger partial charge in [-0.25, -0.2) is 0 Å². The molecule has 152 valence electrons. The number of H-pyrrole nitrogens is 1. The Balaban J connectivity index is 1.84. The summed E-state index contributed by atoms with van der Waals surface area (Å²) < 4.78 is 49.4. The van der Waals surface area contributed by atoms with Crippen molar-refractivity contribution in [1.82, 2.24) is 9.88 Å². The molecule has 1 fully saturated rings. The average Bonchev–Trinajstić information content (AvgIpc) is 3.11. The second-order valence-electron chi connectivity index (χ2n) is 6.77. The lowest BCUT2D eigenvalue weighted by Crippen LogP contribution is -2.41. The third-order valence-electron chi connectivity index (χ3n) is 5.02. The molecule has 1 saturated heterocycles. The minimum Gasteiger partial charge on any atom is -0.497 e. The number of fused-ring (bicyclic) bond motifs is 1. The maximum Gasteiger partial charge on any atom is 0.416 e. The van der Waals surface area contributed by atoms with Crippen LogP contribution in [0, 0.1) is 0 Å². The van der Waals surface area contributed by atoms with E-state index >= 15 is 0 Å². The molecule has 8 heteroatoms. The zero-order valence-electron chi connectivity index (χ0n) is 15.7. The highest BCUT2D eigenvalue weighted by molar-refractivity contribution is 6.10. The highest BCUT2D eigenvalue weighted by Gasteiger charge is 2.31. The highest BCUT2D eigenvalue weighted by Crippen LogP contribution is 2.37. The lowest BCUT2D eigenvalue weighted by molar-refractivity contribution is -0.137. The van der Waals surface area contributed by atoms with Crippen molar-refractivity contribution in [3.8, 4) is 16.9 Å². The fourth-order valence-electron chi connectivity index (χ4n) is 3.51. The molecule has 0 atom stereocenters. The van der Waals surface area contributed by atoms with Gasteiger partial charge in [0.2, 0.25) is 0 Å². The number of nitrogens with one attached hydrogen (secondary N) is 1. The SMILES string of the molecule is COc1ccc2c(-c3ccc(C(F)(F)F)cc3)c(C(=O)N3CCOCC3)[nH]c2c1. The van der Waals surface area contributed by atoms with Gasteiger partial charge in [-0.05, 0) is 29.8 Å². The van der Waals surface area contributed by atoms with Gasteiger partial charge in [0.1, 0.15) is 11.4 Å². The Labute approximate surface area is 165 Å². The van der Waals surface area contributed by atoms with Gasteiger partial charge in [0.25, 0.3) is 5.91 Å². The number of nitrogens with zero attached hydrogens (tertiary/aromatic N) is 1. The fourth-order valence-corrected chi connectivity index (χ4v) is 3.51. The molecule has 0 unspecified atom stereocenters. The van der Waals surface area contributed by atoms with Gasteiger partial charge in [0.15, 0.2) is 0 Å². The van der Waals surface area contributed by atoms with Crippen LogP contribution in [0.15, 0.2) is 42.5 Å². The van der Waals surface area contributed by atoms with Crippen molar-refractivity contribution in [2.75, 3.05) is 33.4 Å². The van der Waals surface area contributed by atoms with E-state index in [1.807, 2.05) is 0 Å². The van der Waals surface area contributed by atoms with Crippen LogP contribution in [0.2, 0.25) is 0 Å². The van der Waals surface area contributed by atoms with Crippen molar-refractivity contribution in [3.05, 3.63) is 53.7 Å².